The molecule has 2 atom stereocenters. The average molecular weight is 484 g/mol. The first kappa shape index (κ1) is 26.0. The molecule has 188 valence electrons. The van der Waals surface area contributed by atoms with E-state index in [1.807, 2.05) is 0 Å². The summed E-state index contributed by atoms with van der Waals surface area (Å²) in [7, 11) is 1.44. The quantitative estimate of drug-likeness (QED) is 0.521. The van der Waals surface area contributed by atoms with E-state index in [9.17, 15) is 23.1 Å². The number of nitrogens with zero attached hydrogens (tertiary/aromatic N) is 3. The highest BCUT2D eigenvalue weighted by Crippen LogP contribution is 2.36. The monoisotopic (exact) mass is 483 g/mol. The zero-order valence-electron chi connectivity index (χ0n) is 19.8. The Hall–Kier alpha value is -2.59. The number of benzene rings is 1. The van der Waals surface area contributed by atoms with Gasteiger partial charge in [-0.05, 0) is 31.9 Å². The summed E-state index contributed by atoms with van der Waals surface area (Å²) < 4.78 is 50.9. The van der Waals surface area contributed by atoms with Crippen LogP contribution in [0.5, 0.6) is 0 Å². The first-order chi connectivity index (χ1) is 15.9. The smallest absolute Gasteiger partial charge is 0.416 e. The summed E-state index contributed by atoms with van der Waals surface area (Å²) in [6.45, 7) is 9.26. The van der Waals surface area contributed by atoms with Crippen LogP contribution in [-0.2, 0) is 15.7 Å². The predicted octanol–water partition coefficient (Wildman–Crippen LogP) is 3.89. The molecule has 0 saturated carbocycles. The number of carbonyl (C=O) groups excluding carboxylic acids is 1. The molecule has 7 nitrogen and oxygen atoms in total. The summed E-state index contributed by atoms with van der Waals surface area (Å²) >= 11 is 0. The molecule has 2 unspecified atom stereocenters. The average Bonchev–Trinajstić information content (AvgIpc) is 2.81. The number of carbonyl (C=O) groups is 1. The summed E-state index contributed by atoms with van der Waals surface area (Å²) in [6, 6.07) is 5.03. The molecule has 2 heterocycles. The molecular formula is C24H32F3N3O4. The number of rotatable bonds is 4. The van der Waals surface area contributed by atoms with Crippen molar-refractivity contribution in [1.82, 2.24) is 9.80 Å². The first-order valence-corrected chi connectivity index (χ1v) is 11.2. The lowest BCUT2D eigenvalue weighted by atomic mass is 9.83. The molecule has 0 aromatic heterocycles. The molecule has 2 saturated heterocycles. The lowest BCUT2D eigenvalue weighted by Gasteiger charge is -2.41. The second-order valence-corrected chi connectivity index (χ2v) is 9.20. The van der Waals surface area contributed by atoms with E-state index in [4.69, 9.17) is 9.47 Å². The van der Waals surface area contributed by atoms with Gasteiger partial charge in [-0.25, -0.2) is 9.79 Å². The third kappa shape index (κ3) is 6.29. The number of methoxy groups -OCH3 is 1. The van der Waals surface area contributed by atoms with E-state index in [-0.39, 0.29) is 42.6 Å². The van der Waals surface area contributed by atoms with Crippen LogP contribution in [0, 0.1) is 5.92 Å². The van der Waals surface area contributed by atoms with Gasteiger partial charge in [0.1, 0.15) is 5.60 Å². The number of morpholine rings is 1. The Labute approximate surface area is 197 Å². The Balaban J connectivity index is 1.94. The van der Waals surface area contributed by atoms with E-state index in [0.717, 1.165) is 12.1 Å². The number of ether oxygens (including phenoxy) is 2. The number of hydrogen-bond acceptors (Lipinski definition) is 5. The number of hydrogen-bond donors (Lipinski definition) is 1. The number of piperidine rings is 1. The van der Waals surface area contributed by atoms with Crippen LogP contribution in [0.1, 0.15) is 37.3 Å². The molecule has 0 radical (unpaired) electrons. The van der Waals surface area contributed by atoms with Gasteiger partial charge in [0.2, 0.25) is 0 Å². The molecule has 2 aliphatic heterocycles. The highest BCUT2D eigenvalue weighted by atomic mass is 19.4. The summed E-state index contributed by atoms with van der Waals surface area (Å²) in [6.07, 6.45) is -4.03. The fourth-order valence-electron chi connectivity index (χ4n) is 4.17. The van der Waals surface area contributed by atoms with E-state index in [2.05, 4.69) is 11.6 Å². The number of likely N-dealkylation sites (tertiary alicyclic amines) is 1. The van der Waals surface area contributed by atoms with Crippen molar-refractivity contribution >= 4 is 11.9 Å². The zero-order chi connectivity index (χ0) is 25.1. The fourth-order valence-corrected chi connectivity index (χ4v) is 4.17. The van der Waals surface area contributed by atoms with Gasteiger partial charge >= 0.3 is 12.2 Å². The minimum atomic E-state index is -4.46. The molecule has 1 N–H and O–H groups in total. The summed E-state index contributed by atoms with van der Waals surface area (Å²) in [5.41, 5.74) is -1.32. The molecule has 0 aliphatic carbocycles. The zero-order valence-corrected chi connectivity index (χ0v) is 19.8. The summed E-state index contributed by atoms with van der Waals surface area (Å²) in [5.74, 6) is -0.465. The number of alkyl halides is 3. The molecule has 2 fully saturated rings. The maximum atomic E-state index is 13.3. The van der Waals surface area contributed by atoms with Crippen LogP contribution < -0.4 is 0 Å². The maximum Gasteiger partial charge on any atom is 0.416 e. The standard InChI is InChI=1S/C24H32F3N3O4/c1-16(23(2,3)32)28-21(33-4)19-12-18(17-6-5-7-20(13-17)24(25,26)27)14-30(15-19)22(31)29-8-10-34-11-9-29/h5-7,13,18-19,32H,1,8-12,14-15H2,2-4H3. The van der Waals surface area contributed by atoms with E-state index < -0.39 is 17.3 Å². The van der Waals surface area contributed by atoms with Crippen molar-refractivity contribution < 1.29 is 32.5 Å². The van der Waals surface area contributed by atoms with Crippen molar-refractivity contribution in [3.63, 3.8) is 0 Å². The van der Waals surface area contributed by atoms with E-state index in [0.29, 0.717) is 38.3 Å². The van der Waals surface area contributed by atoms with Gasteiger partial charge in [0.15, 0.2) is 5.90 Å². The van der Waals surface area contributed by atoms with Crippen molar-refractivity contribution in [1.29, 1.82) is 0 Å². The molecule has 2 amide bonds. The Bertz CT molecular complexity index is 921. The van der Waals surface area contributed by atoms with Gasteiger partial charge in [-0.1, -0.05) is 24.8 Å². The normalized spacial score (nSPS) is 22.5. The van der Waals surface area contributed by atoms with Gasteiger partial charge in [-0.15, -0.1) is 0 Å². The second kappa shape index (κ2) is 10.4. The maximum absolute atomic E-state index is 13.3. The first-order valence-electron chi connectivity index (χ1n) is 11.2. The number of urea groups is 1. The van der Waals surface area contributed by atoms with Gasteiger partial charge in [0, 0.05) is 32.1 Å². The molecule has 3 rings (SSSR count). The van der Waals surface area contributed by atoms with Crippen molar-refractivity contribution in [2.45, 2.75) is 38.0 Å². The lowest BCUT2D eigenvalue weighted by Crippen LogP contribution is -2.53. The molecule has 1 aromatic carbocycles. The van der Waals surface area contributed by atoms with E-state index in [1.54, 1.807) is 29.7 Å². The third-order valence-corrected chi connectivity index (χ3v) is 6.20. The van der Waals surface area contributed by atoms with Gasteiger partial charge in [0.05, 0.1) is 37.5 Å². The minimum absolute atomic E-state index is 0.191. The van der Waals surface area contributed by atoms with Crippen molar-refractivity contribution in [3.8, 4) is 0 Å². The van der Waals surface area contributed by atoms with Crippen LogP contribution in [0.2, 0.25) is 0 Å². The molecule has 1 aromatic rings. The van der Waals surface area contributed by atoms with Crippen LogP contribution in [0.3, 0.4) is 0 Å². The van der Waals surface area contributed by atoms with Crippen LogP contribution in [-0.4, -0.2) is 78.9 Å². The Kier molecular flexibility index (Phi) is 7.92. The lowest BCUT2D eigenvalue weighted by molar-refractivity contribution is -0.137. The molecule has 0 spiro atoms. The van der Waals surface area contributed by atoms with Gasteiger partial charge in [-0.3, -0.25) is 0 Å². The topological polar surface area (TPSA) is 74.6 Å². The second-order valence-electron chi connectivity index (χ2n) is 9.20. The van der Waals surface area contributed by atoms with Crippen molar-refractivity contribution in [2.24, 2.45) is 10.9 Å². The number of aliphatic imine (C=N–C) groups is 1. The van der Waals surface area contributed by atoms with Crippen LogP contribution >= 0.6 is 0 Å². The van der Waals surface area contributed by atoms with Gasteiger partial charge in [-0.2, -0.15) is 13.2 Å². The van der Waals surface area contributed by atoms with Crippen LogP contribution in [0.4, 0.5) is 18.0 Å². The van der Waals surface area contributed by atoms with Gasteiger partial charge < -0.3 is 24.4 Å². The number of aliphatic hydroxyl groups is 1. The van der Waals surface area contributed by atoms with Gasteiger partial charge in [0.25, 0.3) is 0 Å². The SMILES string of the molecule is C=C(N=C(OC)C1CC(c2cccc(C(F)(F)F)c2)CN(C(=O)N2CCOCC2)C1)C(C)(C)O. The van der Waals surface area contributed by atoms with Crippen molar-refractivity contribution in [3.05, 3.63) is 47.7 Å². The van der Waals surface area contributed by atoms with E-state index in [1.165, 1.54) is 13.2 Å². The number of halogens is 3. The van der Waals surface area contributed by atoms with Crippen LogP contribution in [0.25, 0.3) is 0 Å². The number of amides is 2. The highest BCUT2D eigenvalue weighted by Gasteiger charge is 2.38. The molecule has 34 heavy (non-hydrogen) atoms. The van der Waals surface area contributed by atoms with Crippen LogP contribution in [0.15, 0.2) is 41.5 Å². The fraction of sp³-hybridized carbons (Fsp3) is 0.583. The Morgan fingerprint density at radius 3 is 2.47 bits per heavy atom. The van der Waals surface area contributed by atoms with Crippen molar-refractivity contribution in [2.75, 3.05) is 46.5 Å². The molecule has 10 heteroatoms. The summed E-state index contributed by atoms with van der Waals surface area (Å²) in [5, 5.41) is 10.2. The van der Waals surface area contributed by atoms with E-state index >= 15 is 0 Å². The molecule has 0 bridgehead atoms. The third-order valence-electron chi connectivity index (χ3n) is 6.20. The predicted molar refractivity (Wildman–Crippen MR) is 122 cm³/mol. The minimum Gasteiger partial charge on any atom is -0.484 e. The summed E-state index contributed by atoms with van der Waals surface area (Å²) in [4.78, 5) is 21.0. The Morgan fingerprint density at radius 2 is 1.88 bits per heavy atom. The molecule has 2 aliphatic rings. The largest absolute Gasteiger partial charge is 0.484 e. The highest BCUT2D eigenvalue weighted by molar-refractivity contribution is 5.82. The Morgan fingerprint density at radius 1 is 1.21 bits per heavy atom. The molecular weight excluding hydrogens is 451 g/mol.